The van der Waals surface area contributed by atoms with E-state index in [2.05, 4.69) is 20.8 Å². The van der Waals surface area contributed by atoms with Gasteiger partial charge in [0, 0.05) is 52.5 Å². The molecule has 1 spiro atoms. The molecule has 196 valence electrons. The number of hydrogen-bond donors (Lipinski definition) is 3. The molecule has 2 aromatic rings. The molecule has 1 amide bonds. The van der Waals surface area contributed by atoms with Gasteiger partial charge in [0.15, 0.2) is 11.5 Å². The number of aliphatic hydroxyl groups is 2. The monoisotopic (exact) mass is 586 g/mol. The lowest BCUT2D eigenvalue weighted by Gasteiger charge is -2.66. The summed E-state index contributed by atoms with van der Waals surface area (Å²) >= 11 is 5.00. The Balaban J connectivity index is 1.29. The zero-order valence-electron chi connectivity index (χ0n) is 20.6. The number of amides is 1. The molecule has 0 radical (unpaired) electrons. The van der Waals surface area contributed by atoms with E-state index in [0.717, 1.165) is 27.0 Å². The lowest BCUT2D eigenvalue weighted by Crippen LogP contribution is -2.82. The molecule has 3 fully saturated rings. The van der Waals surface area contributed by atoms with Crippen molar-refractivity contribution in [3.05, 3.63) is 50.1 Å². The molecule has 1 aromatic heterocycles. The molecule has 2 saturated carbocycles. The summed E-state index contributed by atoms with van der Waals surface area (Å²) in [7, 11) is 1.77. The Morgan fingerprint density at radius 2 is 2.16 bits per heavy atom. The minimum atomic E-state index is -1.21. The van der Waals surface area contributed by atoms with Crippen LogP contribution in [0, 0.1) is 5.92 Å². The van der Waals surface area contributed by atoms with Crippen LogP contribution in [0.3, 0.4) is 0 Å². The van der Waals surface area contributed by atoms with Gasteiger partial charge in [0.25, 0.3) is 0 Å². The third-order valence-corrected chi connectivity index (χ3v) is 11.2. The number of aromatic hydroxyl groups is 1. The minimum absolute atomic E-state index is 0.0202. The zero-order valence-corrected chi connectivity index (χ0v) is 23.0. The Morgan fingerprint density at radius 3 is 2.89 bits per heavy atom. The summed E-state index contributed by atoms with van der Waals surface area (Å²) < 4.78 is 7.49. The second kappa shape index (κ2) is 8.29. The van der Waals surface area contributed by atoms with Crippen LogP contribution in [0.4, 0.5) is 0 Å². The number of phenolic OH excluding ortho intramolecular Hbond substituents is 1. The average Bonchev–Trinajstić information content (AvgIpc) is 3.45. The van der Waals surface area contributed by atoms with Gasteiger partial charge >= 0.3 is 0 Å². The summed E-state index contributed by atoms with van der Waals surface area (Å²) in [5.41, 5.74) is -0.545. The number of likely N-dealkylation sites (tertiary alicyclic amines) is 1. The molecule has 2 bridgehead atoms. The molecule has 3 heterocycles. The number of hydrogen-bond acceptors (Lipinski definition) is 7. The van der Waals surface area contributed by atoms with Crippen LogP contribution < -0.4 is 4.74 Å². The molecule has 7 nitrogen and oxygen atoms in total. The van der Waals surface area contributed by atoms with E-state index in [-0.39, 0.29) is 23.7 Å². The Hall–Kier alpha value is -1.91. The van der Waals surface area contributed by atoms with Gasteiger partial charge in [-0.1, -0.05) is 6.07 Å². The zero-order chi connectivity index (χ0) is 25.7. The van der Waals surface area contributed by atoms with Crippen molar-refractivity contribution in [2.24, 2.45) is 5.92 Å². The summed E-state index contributed by atoms with van der Waals surface area (Å²) in [6, 6.07) is 5.04. The van der Waals surface area contributed by atoms with Crippen molar-refractivity contribution in [1.29, 1.82) is 0 Å². The average molecular weight is 588 g/mol. The van der Waals surface area contributed by atoms with Crippen molar-refractivity contribution in [1.82, 2.24) is 9.80 Å². The van der Waals surface area contributed by atoms with Crippen molar-refractivity contribution in [2.45, 2.75) is 67.4 Å². The number of benzene rings is 1. The first-order valence-corrected chi connectivity index (χ1v) is 14.8. The summed E-state index contributed by atoms with van der Waals surface area (Å²) in [6.45, 7) is 1.34. The summed E-state index contributed by atoms with van der Waals surface area (Å²) in [5.74, 6) is 0.856. The molecule has 3 aliphatic carbocycles. The highest BCUT2D eigenvalue weighted by Crippen LogP contribution is 2.66. The number of piperidine rings is 1. The number of phenols is 1. The van der Waals surface area contributed by atoms with Crippen LogP contribution in [0.15, 0.2) is 34.1 Å². The second-order valence-electron chi connectivity index (χ2n) is 11.5. The molecular formula is C28H31BrN2O5S. The number of β-amino-alcohol motifs (C(OH)–C–C–N with tert-alkyl or cyclic N) is 1. The normalized spacial score (nSPS) is 35.9. The van der Waals surface area contributed by atoms with Crippen LogP contribution in [0.5, 0.6) is 11.5 Å². The van der Waals surface area contributed by atoms with Crippen molar-refractivity contribution in [3.63, 3.8) is 0 Å². The van der Waals surface area contributed by atoms with E-state index >= 15 is 0 Å². The Labute approximate surface area is 228 Å². The van der Waals surface area contributed by atoms with Crippen molar-refractivity contribution >= 4 is 39.2 Å². The highest BCUT2D eigenvalue weighted by atomic mass is 79.9. The lowest BCUT2D eigenvalue weighted by molar-refractivity contribution is -0.236. The van der Waals surface area contributed by atoms with Gasteiger partial charge in [0.1, 0.15) is 6.10 Å². The maximum absolute atomic E-state index is 13.3. The van der Waals surface area contributed by atoms with Crippen LogP contribution in [0.1, 0.15) is 41.7 Å². The predicted molar refractivity (Wildman–Crippen MR) is 144 cm³/mol. The number of likely N-dealkylation sites (N-methyl/N-ethyl adjacent to an activating group) is 1. The predicted octanol–water partition coefficient (Wildman–Crippen LogP) is 3.29. The van der Waals surface area contributed by atoms with Gasteiger partial charge in [-0.25, -0.2) is 0 Å². The van der Waals surface area contributed by atoms with Gasteiger partial charge in [-0.2, -0.15) is 0 Å². The van der Waals surface area contributed by atoms with Gasteiger partial charge in [-0.15, -0.1) is 11.3 Å². The van der Waals surface area contributed by atoms with Crippen LogP contribution in [-0.4, -0.2) is 81.1 Å². The quantitative estimate of drug-likeness (QED) is 0.466. The van der Waals surface area contributed by atoms with Crippen molar-refractivity contribution < 1.29 is 24.9 Å². The van der Waals surface area contributed by atoms with E-state index in [1.54, 1.807) is 35.4 Å². The molecule has 3 N–H and O–H groups in total. The van der Waals surface area contributed by atoms with E-state index in [9.17, 15) is 20.1 Å². The van der Waals surface area contributed by atoms with E-state index in [1.165, 1.54) is 12.8 Å². The van der Waals surface area contributed by atoms with Crippen molar-refractivity contribution in [2.75, 3.05) is 20.1 Å². The first-order valence-electron chi connectivity index (χ1n) is 13.1. The molecule has 2 aliphatic heterocycles. The smallest absolute Gasteiger partial charge is 0.246 e. The largest absolute Gasteiger partial charge is 0.504 e. The van der Waals surface area contributed by atoms with E-state index < -0.39 is 23.2 Å². The number of nitrogens with zero attached hydrogens (tertiary/aromatic N) is 2. The van der Waals surface area contributed by atoms with E-state index in [4.69, 9.17) is 4.74 Å². The molecule has 3 unspecified atom stereocenters. The Morgan fingerprint density at radius 1 is 1.35 bits per heavy atom. The number of aliphatic hydroxyl groups excluding tert-OH is 1. The van der Waals surface area contributed by atoms with E-state index in [0.29, 0.717) is 37.5 Å². The number of rotatable bonds is 5. The molecule has 9 heteroatoms. The lowest BCUT2D eigenvalue weighted by atomic mass is 9.47. The topological polar surface area (TPSA) is 93.5 Å². The Bertz CT molecular complexity index is 1310. The third-order valence-electron chi connectivity index (χ3n) is 9.57. The number of ether oxygens (including phenoxy) is 1. The van der Waals surface area contributed by atoms with Crippen LogP contribution in [0.2, 0.25) is 0 Å². The second-order valence-corrected chi connectivity index (χ2v) is 13.3. The van der Waals surface area contributed by atoms with Gasteiger partial charge in [0.2, 0.25) is 5.91 Å². The molecular weight excluding hydrogens is 556 g/mol. The minimum Gasteiger partial charge on any atom is -0.504 e. The molecule has 5 aliphatic rings. The van der Waals surface area contributed by atoms with Crippen LogP contribution >= 0.6 is 27.3 Å². The highest BCUT2D eigenvalue weighted by molar-refractivity contribution is 9.10. The number of carbonyl (C=O) groups is 1. The number of thiophene rings is 1. The maximum Gasteiger partial charge on any atom is 0.246 e. The first kappa shape index (κ1) is 24.2. The standard InChI is InChI=1S/C28H31BrN2O5S/c1-30(23(34)7-5-18-11-17(29)14-37-18)19-8-9-27(35)21-10-16-4-6-20(32)25-24(16)28(27,26(19)36-25)22(33)13-31(21)12-15-2-3-15/h4-7,11,14-15,19,21-22,26,32-33,35H,2-3,8-10,12-13H2,1H3/b7-5+/t19?,21-,22?,26?,27-,28+/m1/s1. The fourth-order valence-electron chi connectivity index (χ4n) is 7.76. The van der Waals surface area contributed by atoms with E-state index in [1.807, 2.05) is 23.6 Å². The van der Waals surface area contributed by atoms with Crippen LogP contribution in [-0.2, 0) is 16.6 Å². The first-order chi connectivity index (χ1) is 17.7. The molecule has 1 aromatic carbocycles. The van der Waals surface area contributed by atoms with Gasteiger partial charge in [-0.3, -0.25) is 9.69 Å². The fourth-order valence-corrected chi connectivity index (χ4v) is 9.09. The summed E-state index contributed by atoms with van der Waals surface area (Å²) in [5, 5.41) is 37.3. The highest BCUT2D eigenvalue weighted by Gasteiger charge is 2.76. The third kappa shape index (κ3) is 3.30. The maximum atomic E-state index is 13.3. The van der Waals surface area contributed by atoms with Crippen molar-refractivity contribution in [3.8, 4) is 11.5 Å². The Kier molecular flexibility index (Phi) is 5.41. The van der Waals surface area contributed by atoms with Gasteiger partial charge in [0.05, 0.1) is 23.2 Å². The van der Waals surface area contributed by atoms with Gasteiger partial charge in [-0.05, 0) is 77.7 Å². The van der Waals surface area contributed by atoms with Gasteiger partial charge < -0.3 is 25.0 Å². The molecule has 1 saturated heterocycles. The molecule has 6 atom stereocenters. The fraction of sp³-hybridized carbons (Fsp3) is 0.536. The summed E-state index contributed by atoms with van der Waals surface area (Å²) in [4.78, 5) is 18.3. The van der Waals surface area contributed by atoms with Crippen LogP contribution in [0.25, 0.3) is 6.08 Å². The summed E-state index contributed by atoms with van der Waals surface area (Å²) in [6.07, 6.45) is 5.90. The number of halogens is 1. The SMILES string of the molecule is CN(C(=O)/C=C/c1cc(Br)cs1)C1CC[C@@]2(O)[C@H]3Cc4ccc(O)c5c4[C@@]2(C(O)CN3CC2CC2)C1O5. The number of carbonyl (C=O) groups excluding carboxylic acids is 1. The molecule has 7 rings (SSSR count). The molecule has 37 heavy (non-hydrogen) atoms.